The molecule has 19 heavy (non-hydrogen) atoms. The predicted octanol–water partition coefficient (Wildman–Crippen LogP) is 1.58. The largest absolute Gasteiger partial charge is 0.492 e. The maximum Gasteiger partial charge on any atom is 0.310 e. The first-order chi connectivity index (χ1) is 9.02. The van der Waals surface area contributed by atoms with E-state index in [1.807, 2.05) is 38.1 Å². The van der Waals surface area contributed by atoms with Crippen LogP contribution in [0.4, 0.5) is 0 Å². The molecule has 1 unspecified atom stereocenters. The SMILES string of the molecule is COc1c(OC(C)N(C)C)ccc2c1COC(=O)C2. The van der Waals surface area contributed by atoms with Gasteiger partial charge in [0.1, 0.15) is 12.8 Å². The molecule has 0 aliphatic carbocycles. The quantitative estimate of drug-likeness (QED) is 0.611. The molecule has 1 aromatic rings. The van der Waals surface area contributed by atoms with Gasteiger partial charge in [-0.25, -0.2) is 0 Å². The zero-order valence-corrected chi connectivity index (χ0v) is 11.7. The van der Waals surface area contributed by atoms with E-state index in [-0.39, 0.29) is 25.2 Å². The van der Waals surface area contributed by atoms with Crippen LogP contribution >= 0.6 is 0 Å². The van der Waals surface area contributed by atoms with Crippen LogP contribution in [0.1, 0.15) is 18.1 Å². The first kappa shape index (κ1) is 13.7. The number of cyclic esters (lactones) is 1. The lowest BCUT2D eigenvalue weighted by atomic mass is 10.0. The monoisotopic (exact) mass is 265 g/mol. The van der Waals surface area contributed by atoms with Crippen molar-refractivity contribution in [3.63, 3.8) is 0 Å². The van der Waals surface area contributed by atoms with Gasteiger partial charge in [-0.3, -0.25) is 9.69 Å². The van der Waals surface area contributed by atoms with Gasteiger partial charge in [0.05, 0.1) is 13.5 Å². The summed E-state index contributed by atoms with van der Waals surface area (Å²) in [6.45, 7) is 2.20. The Morgan fingerprint density at radius 3 is 2.74 bits per heavy atom. The number of nitrogens with zero attached hydrogens (tertiary/aromatic N) is 1. The fourth-order valence-corrected chi connectivity index (χ4v) is 1.94. The summed E-state index contributed by atoms with van der Waals surface area (Å²) in [6, 6.07) is 3.74. The molecule has 0 saturated carbocycles. The van der Waals surface area contributed by atoms with Crippen LogP contribution < -0.4 is 9.47 Å². The van der Waals surface area contributed by atoms with Crippen molar-refractivity contribution in [2.75, 3.05) is 21.2 Å². The van der Waals surface area contributed by atoms with E-state index in [2.05, 4.69) is 0 Å². The van der Waals surface area contributed by atoms with Crippen molar-refractivity contribution >= 4 is 5.97 Å². The molecular weight excluding hydrogens is 246 g/mol. The second-order valence-electron chi connectivity index (χ2n) is 4.75. The molecule has 1 heterocycles. The van der Waals surface area contributed by atoms with Gasteiger partial charge in [-0.05, 0) is 32.6 Å². The molecule has 0 spiro atoms. The summed E-state index contributed by atoms with van der Waals surface area (Å²) in [4.78, 5) is 13.2. The van der Waals surface area contributed by atoms with Crippen LogP contribution in [-0.2, 0) is 22.6 Å². The van der Waals surface area contributed by atoms with Gasteiger partial charge in [-0.2, -0.15) is 0 Å². The highest BCUT2D eigenvalue weighted by Crippen LogP contribution is 2.36. The van der Waals surface area contributed by atoms with E-state index in [1.165, 1.54) is 0 Å². The van der Waals surface area contributed by atoms with E-state index in [0.29, 0.717) is 11.5 Å². The Labute approximate surface area is 113 Å². The molecule has 0 fully saturated rings. The third-order valence-corrected chi connectivity index (χ3v) is 3.26. The highest BCUT2D eigenvalue weighted by Gasteiger charge is 2.23. The third-order valence-electron chi connectivity index (χ3n) is 3.26. The number of rotatable bonds is 4. The lowest BCUT2D eigenvalue weighted by molar-refractivity contribution is -0.145. The van der Waals surface area contributed by atoms with Gasteiger partial charge in [0.25, 0.3) is 0 Å². The maximum atomic E-state index is 11.3. The molecular formula is C14H19NO4. The van der Waals surface area contributed by atoms with Gasteiger partial charge in [-0.15, -0.1) is 0 Å². The molecule has 104 valence electrons. The molecule has 0 bridgehead atoms. The minimum atomic E-state index is -0.204. The van der Waals surface area contributed by atoms with Crippen molar-refractivity contribution in [3.8, 4) is 11.5 Å². The third kappa shape index (κ3) is 2.81. The number of esters is 1. The van der Waals surface area contributed by atoms with Crippen LogP contribution in [0.25, 0.3) is 0 Å². The molecule has 1 aromatic carbocycles. The lowest BCUT2D eigenvalue weighted by Crippen LogP contribution is -2.30. The summed E-state index contributed by atoms with van der Waals surface area (Å²) in [5.41, 5.74) is 1.84. The Morgan fingerprint density at radius 1 is 1.37 bits per heavy atom. The summed E-state index contributed by atoms with van der Waals surface area (Å²) in [7, 11) is 5.48. The lowest BCUT2D eigenvalue weighted by Gasteiger charge is -2.25. The predicted molar refractivity (Wildman–Crippen MR) is 70.3 cm³/mol. The van der Waals surface area contributed by atoms with Crippen LogP contribution in [0.15, 0.2) is 12.1 Å². The van der Waals surface area contributed by atoms with Crippen LogP contribution in [0, 0.1) is 0 Å². The van der Waals surface area contributed by atoms with Gasteiger partial charge in [0.15, 0.2) is 11.5 Å². The number of ether oxygens (including phenoxy) is 3. The van der Waals surface area contributed by atoms with Crippen molar-refractivity contribution < 1.29 is 19.0 Å². The zero-order valence-electron chi connectivity index (χ0n) is 11.7. The van der Waals surface area contributed by atoms with Crippen LogP contribution in [0.2, 0.25) is 0 Å². The fraction of sp³-hybridized carbons (Fsp3) is 0.500. The van der Waals surface area contributed by atoms with Crippen LogP contribution in [0.3, 0.4) is 0 Å². The minimum absolute atomic E-state index is 0.0712. The second-order valence-corrected chi connectivity index (χ2v) is 4.75. The normalized spacial score (nSPS) is 15.7. The first-order valence-corrected chi connectivity index (χ1v) is 6.20. The molecule has 0 N–H and O–H groups in total. The van der Waals surface area contributed by atoms with E-state index in [9.17, 15) is 4.79 Å². The Morgan fingerprint density at radius 2 is 2.11 bits per heavy atom. The average Bonchev–Trinajstić information content (AvgIpc) is 2.38. The summed E-state index contributed by atoms with van der Waals surface area (Å²) >= 11 is 0. The standard InChI is InChI=1S/C14H19NO4/c1-9(15(2)3)19-12-6-5-10-7-13(16)18-8-11(10)14(12)17-4/h5-6,9H,7-8H2,1-4H3. The summed E-state index contributed by atoms with van der Waals surface area (Å²) in [6.07, 6.45) is 0.216. The topological polar surface area (TPSA) is 48.0 Å². The number of fused-ring (bicyclic) bond motifs is 1. The summed E-state index contributed by atoms with van der Waals surface area (Å²) < 4.78 is 16.3. The number of hydrogen-bond acceptors (Lipinski definition) is 5. The molecule has 5 nitrogen and oxygen atoms in total. The van der Waals surface area contributed by atoms with Gasteiger partial charge in [0, 0.05) is 5.56 Å². The molecule has 2 rings (SSSR count). The second kappa shape index (κ2) is 5.48. The minimum Gasteiger partial charge on any atom is -0.492 e. The molecule has 1 atom stereocenters. The maximum absolute atomic E-state index is 11.3. The van der Waals surface area contributed by atoms with Crippen molar-refractivity contribution in [1.82, 2.24) is 4.90 Å². The van der Waals surface area contributed by atoms with Crippen molar-refractivity contribution in [1.29, 1.82) is 0 Å². The number of carbonyl (C=O) groups is 1. The van der Waals surface area contributed by atoms with E-state index in [0.717, 1.165) is 11.1 Å². The van der Waals surface area contributed by atoms with E-state index in [1.54, 1.807) is 7.11 Å². The molecule has 0 radical (unpaired) electrons. The van der Waals surface area contributed by atoms with E-state index in [4.69, 9.17) is 14.2 Å². The molecule has 5 heteroatoms. The van der Waals surface area contributed by atoms with Crippen molar-refractivity contribution in [3.05, 3.63) is 23.3 Å². The Bertz CT molecular complexity index is 485. The highest BCUT2D eigenvalue weighted by molar-refractivity contribution is 5.76. The van der Waals surface area contributed by atoms with Crippen molar-refractivity contribution in [2.45, 2.75) is 26.2 Å². The number of carbonyl (C=O) groups excluding carboxylic acids is 1. The van der Waals surface area contributed by atoms with Crippen molar-refractivity contribution in [2.24, 2.45) is 0 Å². The van der Waals surface area contributed by atoms with Crippen LogP contribution in [-0.4, -0.2) is 38.3 Å². The molecule has 0 saturated heterocycles. The van der Waals surface area contributed by atoms with Gasteiger partial charge in [-0.1, -0.05) is 6.07 Å². The summed E-state index contributed by atoms with van der Waals surface area (Å²) in [5.74, 6) is 1.11. The van der Waals surface area contributed by atoms with Gasteiger partial charge in [0.2, 0.25) is 0 Å². The Balaban J connectivity index is 2.33. The summed E-state index contributed by atoms with van der Waals surface area (Å²) in [5, 5.41) is 0. The van der Waals surface area contributed by atoms with E-state index < -0.39 is 0 Å². The molecule has 1 aliphatic heterocycles. The Kier molecular flexibility index (Phi) is 3.95. The Hall–Kier alpha value is -1.75. The molecule has 1 aliphatic rings. The average molecular weight is 265 g/mol. The smallest absolute Gasteiger partial charge is 0.310 e. The number of benzene rings is 1. The van der Waals surface area contributed by atoms with Crippen LogP contribution in [0.5, 0.6) is 11.5 Å². The molecule has 0 aromatic heterocycles. The number of hydrogen-bond donors (Lipinski definition) is 0. The van der Waals surface area contributed by atoms with Gasteiger partial charge >= 0.3 is 5.97 Å². The fourth-order valence-electron chi connectivity index (χ4n) is 1.94. The van der Waals surface area contributed by atoms with E-state index >= 15 is 0 Å². The highest BCUT2D eigenvalue weighted by atomic mass is 16.5. The zero-order chi connectivity index (χ0) is 14.0. The number of methoxy groups -OCH3 is 1. The molecule has 0 amide bonds. The van der Waals surface area contributed by atoms with Gasteiger partial charge < -0.3 is 14.2 Å². The first-order valence-electron chi connectivity index (χ1n) is 6.20.